The molecule has 4 rings (SSSR count). The molecule has 0 atom stereocenters. The second-order valence-corrected chi connectivity index (χ2v) is 9.12. The molecule has 10 heteroatoms. The molecule has 1 amide bonds. The molecule has 3 aromatic heterocycles. The van der Waals surface area contributed by atoms with Gasteiger partial charge in [0.2, 0.25) is 0 Å². The fourth-order valence-electron chi connectivity index (χ4n) is 3.09. The number of aryl methyl sites for hydroxylation is 1. The third-order valence-electron chi connectivity index (χ3n) is 4.77. The fourth-order valence-corrected chi connectivity index (χ4v) is 4.83. The Labute approximate surface area is 200 Å². The fraction of sp³-hybridized carbons (Fsp3) is 0.261. The predicted molar refractivity (Wildman–Crippen MR) is 130 cm³/mol. The maximum atomic E-state index is 12.3. The van der Waals surface area contributed by atoms with E-state index in [1.165, 1.54) is 28.7 Å². The van der Waals surface area contributed by atoms with Gasteiger partial charge in [-0.05, 0) is 37.6 Å². The zero-order valence-corrected chi connectivity index (χ0v) is 20.0. The third-order valence-corrected chi connectivity index (χ3v) is 6.74. The molecule has 8 nitrogen and oxygen atoms in total. The summed E-state index contributed by atoms with van der Waals surface area (Å²) in [6, 6.07) is 12.1. The molecule has 0 saturated heterocycles. The molecule has 1 N–H and O–H groups in total. The lowest BCUT2D eigenvalue weighted by Gasteiger charge is -2.10. The van der Waals surface area contributed by atoms with Crippen molar-refractivity contribution in [1.29, 1.82) is 0 Å². The minimum Gasteiger partial charge on any atom is -0.385 e. The molecule has 3 heterocycles. The van der Waals surface area contributed by atoms with Gasteiger partial charge in [0.1, 0.15) is 10.7 Å². The monoisotopic (exact) mass is 480 g/mol. The second kappa shape index (κ2) is 11.2. The number of carbonyl (C=O) groups excluding carboxylic acids is 1. The van der Waals surface area contributed by atoms with Crippen LogP contribution < -0.4 is 5.32 Å². The van der Waals surface area contributed by atoms with Gasteiger partial charge in [-0.25, -0.2) is 4.98 Å². The van der Waals surface area contributed by atoms with E-state index in [1.807, 2.05) is 16.7 Å². The van der Waals surface area contributed by atoms with Crippen molar-refractivity contribution in [2.75, 3.05) is 20.3 Å². The number of rotatable bonds is 10. The van der Waals surface area contributed by atoms with Crippen LogP contribution in [0.3, 0.4) is 0 Å². The van der Waals surface area contributed by atoms with Crippen LogP contribution in [0.15, 0.2) is 59.3 Å². The number of thioether (sulfide) groups is 1. The van der Waals surface area contributed by atoms with Crippen molar-refractivity contribution in [3.63, 3.8) is 0 Å². The highest BCUT2D eigenvalue weighted by atomic mass is 32.2. The number of carbonyl (C=O) groups is 1. The molecule has 0 aliphatic rings. The Morgan fingerprint density at radius 1 is 1.21 bits per heavy atom. The van der Waals surface area contributed by atoms with Gasteiger partial charge in [0.15, 0.2) is 11.0 Å². The van der Waals surface area contributed by atoms with E-state index in [2.05, 4.69) is 56.7 Å². The molecule has 170 valence electrons. The van der Waals surface area contributed by atoms with Crippen LogP contribution in [0.4, 0.5) is 0 Å². The van der Waals surface area contributed by atoms with E-state index >= 15 is 0 Å². The number of nitrogens with zero attached hydrogens (tertiary/aromatic N) is 5. The Hall–Kier alpha value is -3.08. The lowest BCUT2D eigenvalue weighted by molar-refractivity contribution is 0.0944. The van der Waals surface area contributed by atoms with E-state index in [4.69, 9.17) is 4.74 Å². The van der Waals surface area contributed by atoms with Crippen molar-refractivity contribution >= 4 is 29.0 Å². The van der Waals surface area contributed by atoms with Gasteiger partial charge in [-0.3, -0.25) is 14.3 Å². The van der Waals surface area contributed by atoms with Gasteiger partial charge in [0, 0.05) is 49.3 Å². The number of pyridine rings is 1. The summed E-state index contributed by atoms with van der Waals surface area (Å²) in [4.78, 5) is 21.0. The number of methoxy groups -OCH3 is 1. The van der Waals surface area contributed by atoms with Gasteiger partial charge in [0.05, 0.1) is 5.75 Å². The number of hydrogen-bond donors (Lipinski definition) is 1. The minimum absolute atomic E-state index is 0.166. The second-order valence-electron chi connectivity index (χ2n) is 7.24. The Morgan fingerprint density at radius 2 is 2.06 bits per heavy atom. The van der Waals surface area contributed by atoms with Crippen molar-refractivity contribution in [2.24, 2.45) is 0 Å². The molecule has 33 heavy (non-hydrogen) atoms. The van der Waals surface area contributed by atoms with Gasteiger partial charge in [0.25, 0.3) is 5.91 Å². The van der Waals surface area contributed by atoms with E-state index in [0.717, 1.165) is 33.7 Å². The lowest BCUT2D eigenvalue weighted by atomic mass is 10.2. The maximum Gasteiger partial charge on any atom is 0.270 e. The normalized spacial score (nSPS) is 11.0. The molecule has 1 aromatic carbocycles. The first kappa shape index (κ1) is 23.1. The van der Waals surface area contributed by atoms with Gasteiger partial charge in [-0.1, -0.05) is 29.5 Å². The molecule has 0 unspecified atom stereocenters. The highest BCUT2D eigenvalue weighted by molar-refractivity contribution is 7.98. The Balaban J connectivity index is 1.51. The number of thiazole rings is 1. The van der Waals surface area contributed by atoms with Gasteiger partial charge >= 0.3 is 0 Å². The molecular weight excluding hydrogens is 456 g/mol. The highest BCUT2D eigenvalue weighted by Gasteiger charge is 2.17. The summed E-state index contributed by atoms with van der Waals surface area (Å²) in [6.45, 7) is 3.23. The molecule has 4 aromatic rings. The predicted octanol–water partition coefficient (Wildman–Crippen LogP) is 4.15. The summed E-state index contributed by atoms with van der Waals surface area (Å²) < 4.78 is 7.03. The van der Waals surface area contributed by atoms with Gasteiger partial charge < -0.3 is 10.1 Å². The van der Waals surface area contributed by atoms with Crippen LogP contribution in [0.2, 0.25) is 0 Å². The Kier molecular flexibility index (Phi) is 7.82. The number of hydrogen-bond acceptors (Lipinski definition) is 8. The topological polar surface area (TPSA) is 94.8 Å². The van der Waals surface area contributed by atoms with Crippen molar-refractivity contribution < 1.29 is 9.53 Å². The molecular formula is C23H24N6O2S2. The molecule has 0 spiro atoms. The van der Waals surface area contributed by atoms with Crippen LogP contribution in [-0.2, 0) is 10.5 Å². The van der Waals surface area contributed by atoms with E-state index < -0.39 is 0 Å². The van der Waals surface area contributed by atoms with Crippen LogP contribution >= 0.6 is 23.1 Å². The smallest absolute Gasteiger partial charge is 0.270 e. The van der Waals surface area contributed by atoms with Gasteiger partial charge in [-0.15, -0.1) is 21.5 Å². The summed E-state index contributed by atoms with van der Waals surface area (Å²) in [7, 11) is 1.64. The van der Waals surface area contributed by atoms with Crippen LogP contribution in [0.25, 0.3) is 17.1 Å². The van der Waals surface area contributed by atoms with Crippen molar-refractivity contribution in [1.82, 2.24) is 30.0 Å². The SMILES string of the molecule is COCCCNC(=O)c1csc(CSc2nnc(-c3cccnc3)n2-c2ccc(C)cc2)n1. The number of amides is 1. The first-order chi connectivity index (χ1) is 16.2. The summed E-state index contributed by atoms with van der Waals surface area (Å²) in [5.74, 6) is 1.14. The minimum atomic E-state index is -0.166. The molecule has 0 fully saturated rings. The van der Waals surface area contributed by atoms with E-state index in [9.17, 15) is 4.79 Å². The van der Waals surface area contributed by atoms with E-state index in [1.54, 1.807) is 24.9 Å². The first-order valence-electron chi connectivity index (χ1n) is 10.4. The Bertz CT molecular complexity index is 1190. The van der Waals surface area contributed by atoms with Crippen molar-refractivity contribution in [3.05, 3.63) is 70.4 Å². The maximum absolute atomic E-state index is 12.3. The molecule has 0 aliphatic heterocycles. The van der Waals surface area contributed by atoms with Crippen molar-refractivity contribution in [3.8, 4) is 17.1 Å². The quantitative estimate of drug-likeness (QED) is 0.269. The largest absolute Gasteiger partial charge is 0.385 e. The first-order valence-corrected chi connectivity index (χ1v) is 12.3. The summed E-state index contributed by atoms with van der Waals surface area (Å²) in [5.41, 5.74) is 3.48. The third kappa shape index (κ3) is 5.84. The van der Waals surface area contributed by atoms with Crippen LogP contribution in [0.1, 0.15) is 27.5 Å². The number of nitrogens with one attached hydrogen (secondary N) is 1. The molecule has 0 radical (unpaired) electrons. The zero-order valence-electron chi connectivity index (χ0n) is 18.4. The summed E-state index contributed by atoms with van der Waals surface area (Å²) in [6.07, 6.45) is 4.28. The average molecular weight is 481 g/mol. The zero-order chi connectivity index (χ0) is 23.0. The average Bonchev–Trinajstić information content (AvgIpc) is 3.49. The van der Waals surface area contributed by atoms with Crippen LogP contribution in [0.5, 0.6) is 0 Å². The summed E-state index contributed by atoms with van der Waals surface area (Å²) in [5, 5.41) is 15.1. The lowest BCUT2D eigenvalue weighted by Crippen LogP contribution is -2.25. The number of ether oxygens (including phenoxy) is 1. The van der Waals surface area contributed by atoms with Crippen molar-refractivity contribution in [2.45, 2.75) is 24.3 Å². The van der Waals surface area contributed by atoms with E-state index in [0.29, 0.717) is 24.6 Å². The van der Waals surface area contributed by atoms with Crippen LogP contribution in [0, 0.1) is 6.92 Å². The number of aromatic nitrogens is 5. The highest BCUT2D eigenvalue weighted by Crippen LogP contribution is 2.30. The molecule has 0 aliphatic carbocycles. The van der Waals surface area contributed by atoms with Gasteiger partial charge in [-0.2, -0.15) is 0 Å². The summed E-state index contributed by atoms with van der Waals surface area (Å²) >= 11 is 3.00. The Morgan fingerprint density at radius 3 is 2.82 bits per heavy atom. The standard InChI is InChI=1S/C23H24N6O2S2/c1-16-6-8-18(9-7-16)29-21(17-5-3-10-24-13-17)27-28-23(29)33-15-20-26-19(14-32-20)22(30)25-11-4-12-31-2/h3,5-10,13-14H,4,11-12,15H2,1-2H3,(H,25,30). The van der Waals surface area contributed by atoms with E-state index in [-0.39, 0.29) is 5.91 Å². The number of benzene rings is 1. The van der Waals surface area contributed by atoms with Crippen LogP contribution in [-0.4, -0.2) is 50.9 Å². The molecule has 0 saturated carbocycles. The molecule has 0 bridgehead atoms.